The molecule has 4 nitrogen and oxygen atoms in total. The number of rotatable bonds is 7. The quantitative estimate of drug-likeness (QED) is 0.799. The first kappa shape index (κ1) is 16.3. The molecule has 0 bridgehead atoms. The standard InChI is InChI=1S/C15H19BrN2O2S/c1-4-7-17-14(11-8-21-9-18-11)10-5-6-12(19-2)13(16)15(10)20-3/h5-6,8-9,14,17H,4,7H2,1-3H3. The van der Waals surface area contributed by atoms with Crippen molar-refractivity contribution in [2.45, 2.75) is 19.4 Å². The van der Waals surface area contributed by atoms with Crippen LogP contribution in [0.4, 0.5) is 0 Å². The molecule has 0 radical (unpaired) electrons. The molecule has 1 heterocycles. The second-order valence-electron chi connectivity index (χ2n) is 4.50. The summed E-state index contributed by atoms with van der Waals surface area (Å²) in [6.07, 6.45) is 1.06. The van der Waals surface area contributed by atoms with Crippen LogP contribution in [0.1, 0.15) is 30.6 Å². The lowest BCUT2D eigenvalue weighted by molar-refractivity contribution is 0.382. The first-order valence-electron chi connectivity index (χ1n) is 6.74. The predicted molar refractivity (Wildman–Crippen MR) is 89.5 cm³/mol. The van der Waals surface area contributed by atoms with Crippen molar-refractivity contribution in [3.63, 3.8) is 0 Å². The van der Waals surface area contributed by atoms with E-state index < -0.39 is 0 Å². The lowest BCUT2D eigenvalue weighted by Gasteiger charge is -2.21. The Morgan fingerprint density at radius 1 is 1.33 bits per heavy atom. The zero-order chi connectivity index (χ0) is 15.2. The number of nitrogens with one attached hydrogen (secondary N) is 1. The maximum absolute atomic E-state index is 5.59. The summed E-state index contributed by atoms with van der Waals surface area (Å²) >= 11 is 5.15. The Kier molecular flexibility index (Phi) is 6.02. The summed E-state index contributed by atoms with van der Waals surface area (Å²) in [5.41, 5.74) is 3.90. The number of hydrogen-bond donors (Lipinski definition) is 1. The zero-order valence-corrected chi connectivity index (χ0v) is 14.8. The third-order valence-electron chi connectivity index (χ3n) is 3.17. The third kappa shape index (κ3) is 3.56. The van der Waals surface area contributed by atoms with Crippen LogP contribution < -0.4 is 14.8 Å². The summed E-state index contributed by atoms with van der Waals surface area (Å²) < 4.78 is 11.7. The minimum atomic E-state index is 0.00774. The fourth-order valence-electron chi connectivity index (χ4n) is 2.17. The van der Waals surface area contributed by atoms with Crippen molar-refractivity contribution in [3.05, 3.63) is 38.8 Å². The fraction of sp³-hybridized carbons (Fsp3) is 0.400. The van der Waals surface area contributed by atoms with Gasteiger partial charge in [-0.1, -0.05) is 6.92 Å². The van der Waals surface area contributed by atoms with Crippen molar-refractivity contribution in [2.24, 2.45) is 0 Å². The number of halogens is 1. The summed E-state index contributed by atoms with van der Waals surface area (Å²) in [5.74, 6) is 1.53. The summed E-state index contributed by atoms with van der Waals surface area (Å²) in [7, 11) is 3.31. The molecule has 0 aliphatic heterocycles. The largest absolute Gasteiger partial charge is 0.495 e. The van der Waals surface area contributed by atoms with Crippen LogP contribution in [0, 0.1) is 0 Å². The van der Waals surface area contributed by atoms with Gasteiger partial charge in [0.05, 0.1) is 31.5 Å². The van der Waals surface area contributed by atoms with Gasteiger partial charge in [0.1, 0.15) is 16.0 Å². The van der Waals surface area contributed by atoms with E-state index in [1.165, 1.54) is 0 Å². The number of nitrogens with zero attached hydrogens (tertiary/aromatic N) is 1. The molecule has 0 amide bonds. The summed E-state index contributed by atoms with van der Waals surface area (Å²) in [6, 6.07) is 3.97. The van der Waals surface area contributed by atoms with Crippen LogP contribution >= 0.6 is 27.3 Å². The van der Waals surface area contributed by atoms with Crippen LogP contribution in [-0.2, 0) is 0 Å². The smallest absolute Gasteiger partial charge is 0.141 e. The molecule has 0 spiro atoms. The van der Waals surface area contributed by atoms with Crippen molar-refractivity contribution in [1.29, 1.82) is 0 Å². The molecule has 0 saturated heterocycles. The number of methoxy groups -OCH3 is 2. The van der Waals surface area contributed by atoms with Gasteiger partial charge in [0, 0.05) is 10.9 Å². The minimum absolute atomic E-state index is 0.00774. The topological polar surface area (TPSA) is 43.4 Å². The Balaban J connectivity index is 2.46. The summed E-state index contributed by atoms with van der Waals surface area (Å²) in [6.45, 7) is 3.06. The molecule has 0 saturated carbocycles. The van der Waals surface area contributed by atoms with Gasteiger partial charge in [0.2, 0.25) is 0 Å². The number of hydrogen-bond acceptors (Lipinski definition) is 5. The Morgan fingerprint density at radius 3 is 2.71 bits per heavy atom. The van der Waals surface area contributed by atoms with Crippen LogP contribution in [0.2, 0.25) is 0 Å². The average Bonchev–Trinajstić information content (AvgIpc) is 3.02. The molecule has 0 fully saturated rings. The van der Waals surface area contributed by atoms with Gasteiger partial charge < -0.3 is 14.8 Å². The number of benzene rings is 1. The first-order valence-corrected chi connectivity index (χ1v) is 8.48. The summed E-state index contributed by atoms with van der Waals surface area (Å²) in [5, 5.41) is 5.59. The lowest BCUT2D eigenvalue weighted by atomic mass is 10.0. The van der Waals surface area contributed by atoms with E-state index >= 15 is 0 Å². The van der Waals surface area contributed by atoms with E-state index in [0.29, 0.717) is 0 Å². The Bertz CT molecular complexity index is 575. The Morgan fingerprint density at radius 2 is 2.14 bits per heavy atom. The molecule has 0 aliphatic carbocycles. The van der Waals surface area contributed by atoms with E-state index in [0.717, 1.165) is 40.2 Å². The molecule has 1 atom stereocenters. The second-order valence-corrected chi connectivity index (χ2v) is 6.02. The monoisotopic (exact) mass is 370 g/mol. The molecule has 1 unspecified atom stereocenters. The van der Waals surface area contributed by atoms with Gasteiger partial charge in [-0.15, -0.1) is 11.3 Å². The maximum Gasteiger partial charge on any atom is 0.141 e. The second kappa shape index (κ2) is 7.77. The van der Waals surface area contributed by atoms with Crippen molar-refractivity contribution < 1.29 is 9.47 Å². The van der Waals surface area contributed by atoms with Gasteiger partial charge in [-0.3, -0.25) is 0 Å². The van der Waals surface area contributed by atoms with Crippen molar-refractivity contribution in [2.75, 3.05) is 20.8 Å². The third-order valence-corrected chi connectivity index (χ3v) is 4.53. The minimum Gasteiger partial charge on any atom is -0.495 e. The van der Waals surface area contributed by atoms with E-state index in [1.54, 1.807) is 25.6 Å². The molecule has 2 rings (SSSR count). The van der Waals surface area contributed by atoms with Crippen LogP contribution in [0.25, 0.3) is 0 Å². The van der Waals surface area contributed by atoms with Gasteiger partial charge in [0.25, 0.3) is 0 Å². The normalized spacial score (nSPS) is 12.2. The first-order chi connectivity index (χ1) is 10.2. The lowest BCUT2D eigenvalue weighted by Crippen LogP contribution is -2.24. The van der Waals surface area contributed by atoms with E-state index in [1.807, 2.05) is 17.6 Å². The van der Waals surface area contributed by atoms with Crippen LogP contribution in [-0.4, -0.2) is 25.7 Å². The Hall–Kier alpha value is -1.11. The average molecular weight is 371 g/mol. The van der Waals surface area contributed by atoms with Gasteiger partial charge in [-0.2, -0.15) is 0 Å². The summed E-state index contributed by atoms with van der Waals surface area (Å²) in [4.78, 5) is 4.45. The number of aromatic nitrogens is 1. The van der Waals surface area contributed by atoms with E-state index in [4.69, 9.17) is 9.47 Å². The van der Waals surface area contributed by atoms with Gasteiger partial charge in [-0.05, 0) is 41.0 Å². The SMILES string of the molecule is CCCNC(c1cscn1)c1ccc(OC)c(Br)c1OC. The number of thiazole rings is 1. The van der Waals surface area contributed by atoms with Gasteiger partial charge in [0.15, 0.2) is 0 Å². The van der Waals surface area contributed by atoms with Crippen molar-refractivity contribution in [3.8, 4) is 11.5 Å². The van der Waals surface area contributed by atoms with Gasteiger partial charge >= 0.3 is 0 Å². The van der Waals surface area contributed by atoms with E-state index in [2.05, 4.69) is 38.5 Å². The molecule has 1 aromatic carbocycles. The molecule has 2 aromatic rings. The van der Waals surface area contributed by atoms with E-state index in [9.17, 15) is 0 Å². The van der Waals surface area contributed by atoms with E-state index in [-0.39, 0.29) is 6.04 Å². The van der Waals surface area contributed by atoms with Gasteiger partial charge in [-0.25, -0.2) is 4.98 Å². The highest BCUT2D eigenvalue weighted by atomic mass is 79.9. The molecule has 6 heteroatoms. The Labute approximate surface area is 137 Å². The highest BCUT2D eigenvalue weighted by molar-refractivity contribution is 9.10. The molecular formula is C15H19BrN2O2S. The van der Waals surface area contributed by atoms with Crippen LogP contribution in [0.3, 0.4) is 0 Å². The molecule has 1 aromatic heterocycles. The zero-order valence-electron chi connectivity index (χ0n) is 12.4. The maximum atomic E-state index is 5.59. The van der Waals surface area contributed by atoms with Crippen molar-refractivity contribution in [1.82, 2.24) is 10.3 Å². The van der Waals surface area contributed by atoms with Crippen LogP contribution in [0.5, 0.6) is 11.5 Å². The number of ether oxygens (including phenoxy) is 2. The predicted octanol–water partition coefficient (Wildman–Crippen LogP) is 4.01. The molecular weight excluding hydrogens is 352 g/mol. The highest BCUT2D eigenvalue weighted by Gasteiger charge is 2.22. The molecule has 1 N–H and O–H groups in total. The van der Waals surface area contributed by atoms with Crippen molar-refractivity contribution >= 4 is 27.3 Å². The molecule has 0 aliphatic rings. The molecule has 21 heavy (non-hydrogen) atoms. The fourth-order valence-corrected chi connectivity index (χ4v) is 3.44. The highest BCUT2D eigenvalue weighted by Crippen LogP contribution is 2.41. The molecule has 114 valence electrons. The van der Waals surface area contributed by atoms with Crippen LogP contribution in [0.15, 0.2) is 27.5 Å².